The van der Waals surface area contributed by atoms with Gasteiger partial charge in [-0.15, -0.1) is 24.0 Å². The molecule has 2 aromatic rings. The van der Waals surface area contributed by atoms with E-state index < -0.39 is 6.61 Å². The smallest absolute Gasteiger partial charge is 0.387 e. The van der Waals surface area contributed by atoms with Gasteiger partial charge in [0.25, 0.3) is 0 Å². The molecule has 11 heteroatoms. The molecule has 0 radical (unpaired) electrons. The number of nitrogens with one attached hydrogen (secondary N) is 2. The maximum Gasteiger partial charge on any atom is 0.387 e. The zero-order valence-corrected chi connectivity index (χ0v) is 20.1. The van der Waals surface area contributed by atoms with Crippen molar-refractivity contribution >= 4 is 29.9 Å². The molecule has 0 saturated heterocycles. The maximum absolute atomic E-state index is 12.6. The average Bonchev–Trinajstić information content (AvgIpc) is 3.05. The van der Waals surface area contributed by atoms with Gasteiger partial charge in [0.2, 0.25) is 0 Å². The first-order valence-corrected chi connectivity index (χ1v) is 10.1. The van der Waals surface area contributed by atoms with Gasteiger partial charge in [-0.25, -0.2) is 9.48 Å². The quantitative estimate of drug-likeness (QED) is 0.229. The number of guanidine groups is 1. The molecule has 0 saturated carbocycles. The van der Waals surface area contributed by atoms with E-state index in [-0.39, 0.29) is 42.0 Å². The summed E-state index contributed by atoms with van der Waals surface area (Å²) in [5, 5.41) is 10.7. The second kappa shape index (κ2) is 12.0. The van der Waals surface area contributed by atoms with Gasteiger partial charge in [-0.2, -0.15) is 13.9 Å². The van der Waals surface area contributed by atoms with Gasteiger partial charge < -0.3 is 15.4 Å². The van der Waals surface area contributed by atoms with Crippen molar-refractivity contribution in [3.63, 3.8) is 0 Å². The Balaban J connectivity index is 0.00000341. The number of ether oxygens (including phenoxy) is 1. The van der Waals surface area contributed by atoms with Gasteiger partial charge in [-0.05, 0) is 32.3 Å². The molecule has 0 bridgehead atoms. The van der Waals surface area contributed by atoms with Gasteiger partial charge in [-0.3, -0.25) is 9.56 Å². The van der Waals surface area contributed by atoms with Gasteiger partial charge >= 0.3 is 12.3 Å². The molecular formula is C20H29F2IN6O2. The minimum atomic E-state index is -2.87. The van der Waals surface area contributed by atoms with E-state index >= 15 is 0 Å². The van der Waals surface area contributed by atoms with Crippen LogP contribution >= 0.6 is 24.0 Å². The van der Waals surface area contributed by atoms with Crippen LogP contribution in [0, 0.1) is 6.92 Å². The highest BCUT2D eigenvalue weighted by atomic mass is 127. The molecule has 0 aliphatic carbocycles. The van der Waals surface area contributed by atoms with Crippen molar-refractivity contribution in [2.24, 2.45) is 4.99 Å². The van der Waals surface area contributed by atoms with E-state index in [9.17, 15) is 13.6 Å². The Kier molecular flexibility index (Phi) is 9.72. The summed E-state index contributed by atoms with van der Waals surface area (Å²) in [7, 11) is 1.64. The fraction of sp³-hybridized carbons (Fsp3) is 0.550. The highest BCUT2D eigenvalue weighted by Gasteiger charge is 2.16. The Morgan fingerprint density at radius 3 is 2.84 bits per heavy atom. The lowest BCUT2D eigenvalue weighted by molar-refractivity contribution is -0.0504. The first-order valence-electron chi connectivity index (χ1n) is 10.1. The molecule has 8 nitrogen and oxygen atoms in total. The lowest BCUT2D eigenvalue weighted by Crippen LogP contribution is -2.38. The van der Waals surface area contributed by atoms with E-state index in [1.807, 2.05) is 6.92 Å². The summed E-state index contributed by atoms with van der Waals surface area (Å²) in [5.41, 5.74) is 1.52. The number of halogens is 3. The van der Waals surface area contributed by atoms with Crippen LogP contribution < -0.4 is 21.1 Å². The molecule has 1 aromatic heterocycles. The van der Waals surface area contributed by atoms with Crippen LogP contribution in [0.1, 0.15) is 36.2 Å². The summed E-state index contributed by atoms with van der Waals surface area (Å²) < 4.78 is 33.1. The third-order valence-corrected chi connectivity index (χ3v) is 4.97. The minimum Gasteiger partial charge on any atom is -0.434 e. The highest BCUT2D eigenvalue weighted by molar-refractivity contribution is 14.0. The molecule has 0 spiro atoms. The summed E-state index contributed by atoms with van der Waals surface area (Å²) in [6.45, 7) is 1.16. The molecule has 31 heavy (non-hydrogen) atoms. The molecule has 1 aliphatic rings. The van der Waals surface area contributed by atoms with Gasteiger partial charge in [-0.1, -0.05) is 17.7 Å². The molecule has 0 unspecified atom stereocenters. The van der Waals surface area contributed by atoms with Crippen LogP contribution in [0.2, 0.25) is 0 Å². The van der Waals surface area contributed by atoms with Gasteiger partial charge in [0.15, 0.2) is 5.96 Å². The molecule has 1 aliphatic heterocycles. The summed E-state index contributed by atoms with van der Waals surface area (Å²) in [5.74, 6) is 1.55. The Bertz CT molecular complexity index is 944. The fourth-order valence-corrected chi connectivity index (χ4v) is 3.49. The summed E-state index contributed by atoms with van der Waals surface area (Å²) >= 11 is 0. The Labute approximate surface area is 197 Å². The maximum atomic E-state index is 12.6. The Morgan fingerprint density at radius 2 is 2.13 bits per heavy atom. The molecule has 172 valence electrons. The number of rotatable bonds is 8. The van der Waals surface area contributed by atoms with Crippen molar-refractivity contribution in [3.05, 3.63) is 45.6 Å². The van der Waals surface area contributed by atoms with Crippen LogP contribution in [0.5, 0.6) is 5.75 Å². The fourth-order valence-electron chi connectivity index (χ4n) is 3.49. The van der Waals surface area contributed by atoms with Crippen molar-refractivity contribution in [2.45, 2.75) is 58.9 Å². The lowest BCUT2D eigenvalue weighted by Gasteiger charge is -2.15. The molecular weight excluding hydrogens is 521 g/mol. The SMILES string of the molecule is CN=C(NCCCn1nc2n(c1=O)CCCC2)NCc1cc(C)ccc1OC(F)F.I. The Hall–Kier alpha value is -2.18. The second-order valence-electron chi connectivity index (χ2n) is 7.23. The standard InChI is InChI=1S/C20H28F2N6O2.HI/c1-14-7-8-16(30-18(21)22)15(12-14)13-25-19(23-2)24-9-5-11-28-20(29)27-10-4-3-6-17(27)26-28;/h7-8,12,18H,3-6,9-11,13H2,1-2H3,(H2,23,24,25);1H. The highest BCUT2D eigenvalue weighted by Crippen LogP contribution is 2.22. The molecule has 1 aromatic carbocycles. The van der Waals surface area contributed by atoms with Crippen LogP contribution in [0.25, 0.3) is 0 Å². The van der Waals surface area contributed by atoms with Gasteiger partial charge in [0.1, 0.15) is 11.6 Å². The number of aryl methyl sites for hydroxylation is 3. The van der Waals surface area contributed by atoms with Crippen LogP contribution in [-0.2, 0) is 26.1 Å². The number of hydrogen-bond acceptors (Lipinski definition) is 4. The Morgan fingerprint density at radius 1 is 1.32 bits per heavy atom. The van der Waals surface area contributed by atoms with Crippen molar-refractivity contribution in [2.75, 3.05) is 13.6 Å². The predicted molar refractivity (Wildman–Crippen MR) is 125 cm³/mol. The van der Waals surface area contributed by atoms with Crippen LogP contribution in [0.3, 0.4) is 0 Å². The van der Waals surface area contributed by atoms with Crippen molar-refractivity contribution < 1.29 is 13.5 Å². The molecule has 2 heterocycles. The van der Waals surface area contributed by atoms with E-state index in [2.05, 4.69) is 25.5 Å². The first kappa shape index (κ1) is 25.1. The minimum absolute atomic E-state index is 0. The number of benzene rings is 1. The zero-order chi connectivity index (χ0) is 21.5. The number of aromatic nitrogens is 3. The first-order chi connectivity index (χ1) is 14.5. The molecule has 0 fully saturated rings. The number of alkyl halides is 2. The molecule has 0 atom stereocenters. The third-order valence-electron chi connectivity index (χ3n) is 4.97. The average molecular weight is 550 g/mol. The third kappa shape index (κ3) is 6.91. The summed E-state index contributed by atoms with van der Waals surface area (Å²) in [6, 6.07) is 5.06. The van der Waals surface area contributed by atoms with Gasteiger partial charge in [0, 0.05) is 45.2 Å². The van der Waals surface area contributed by atoms with Crippen molar-refractivity contribution in [3.8, 4) is 5.75 Å². The molecule has 2 N–H and O–H groups in total. The lowest BCUT2D eigenvalue weighted by atomic mass is 10.1. The van der Waals surface area contributed by atoms with Crippen LogP contribution in [-0.4, -0.2) is 40.5 Å². The van der Waals surface area contributed by atoms with Crippen LogP contribution in [0.4, 0.5) is 8.78 Å². The number of nitrogens with zero attached hydrogens (tertiary/aromatic N) is 4. The van der Waals surface area contributed by atoms with E-state index in [0.29, 0.717) is 31.0 Å². The molecule has 3 rings (SSSR count). The van der Waals surface area contributed by atoms with Crippen LogP contribution in [0.15, 0.2) is 28.0 Å². The van der Waals surface area contributed by atoms with E-state index in [0.717, 1.165) is 37.2 Å². The van der Waals surface area contributed by atoms with Crippen molar-refractivity contribution in [1.29, 1.82) is 0 Å². The second-order valence-corrected chi connectivity index (χ2v) is 7.23. The summed E-state index contributed by atoms with van der Waals surface area (Å²) in [4.78, 5) is 16.5. The topological polar surface area (TPSA) is 85.5 Å². The normalized spacial score (nSPS) is 13.5. The van der Waals surface area contributed by atoms with Crippen molar-refractivity contribution in [1.82, 2.24) is 25.0 Å². The number of fused-ring (bicyclic) bond motifs is 1. The molecule has 0 amide bonds. The monoisotopic (exact) mass is 550 g/mol. The predicted octanol–water partition coefficient (Wildman–Crippen LogP) is 2.66. The van der Waals surface area contributed by atoms with E-state index in [4.69, 9.17) is 0 Å². The number of hydrogen-bond donors (Lipinski definition) is 2. The summed E-state index contributed by atoms with van der Waals surface area (Å²) in [6.07, 6.45) is 3.65. The largest absolute Gasteiger partial charge is 0.434 e. The van der Waals surface area contributed by atoms with Gasteiger partial charge in [0.05, 0.1) is 0 Å². The van der Waals surface area contributed by atoms with E-state index in [1.165, 1.54) is 10.7 Å². The van der Waals surface area contributed by atoms with E-state index in [1.54, 1.807) is 23.7 Å². The zero-order valence-electron chi connectivity index (χ0n) is 17.7. The number of aliphatic imine (C=N–C) groups is 1.